The van der Waals surface area contributed by atoms with Gasteiger partial charge in [-0.05, 0) is 89.1 Å². The van der Waals surface area contributed by atoms with Crippen LogP contribution in [0.25, 0.3) is 5.57 Å². The third-order valence-electron chi connectivity index (χ3n) is 6.00. The number of carbonyl (C=O) groups excluding carboxylic acids is 3. The maximum absolute atomic E-state index is 14.3. The summed E-state index contributed by atoms with van der Waals surface area (Å²) in [4.78, 5) is 32.8. The van der Waals surface area contributed by atoms with E-state index in [0.29, 0.717) is 55.8 Å². The summed E-state index contributed by atoms with van der Waals surface area (Å²) < 4.78 is 24.5. The van der Waals surface area contributed by atoms with Crippen LogP contribution in [0.5, 0.6) is 0 Å². The Bertz CT molecular complexity index is 840. The largest absolute Gasteiger partial charge is 0.468 e. The fraction of sp³-hybridized carbons (Fsp3) is 0.476. The van der Waals surface area contributed by atoms with Crippen LogP contribution in [0, 0.1) is 17.7 Å². The number of carbonyl (C=O) groups is 3. The zero-order valence-corrected chi connectivity index (χ0v) is 17.5. The number of halogens is 2. The number of amides is 1. The van der Waals surface area contributed by atoms with Crippen molar-refractivity contribution in [1.82, 2.24) is 0 Å². The first-order chi connectivity index (χ1) is 14.0. The highest BCUT2D eigenvalue weighted by atomic mass is 79.9. The van der Waals surface area contributed by atoms with E-state index in [0.717, 1.165) is 36.0 Å². The second kappa shape index (κ2) is 9.52. The maximum Gasteiger partial charge on any atom is 0.293 e. The molecule has 3 rings (SSSR count). The molecule has 2 aliphatic rings. The molecule has 156 valence electrons. The summed E-state index contributed by atoms with van der Waals surface area (Å²) in [5, 5.41) is 0. The molecular weight excluding hydrogens is 445 g/mol. The van der Waals surface area contributed by atoms with Crippen molar-refractivity contribution in [2.24, 2.45) is 17.6 Å². The molecule has 1 atom stereocenters. The Kier molecular flexibility index (Phi) is 7.05. The number of hydrogen-bond donors (Lipinski definition) is 1. The van der Waals surface area contributed by atoms with Gasteiger partial charge in [-0.15, -0.1) is 0 Å². The Morgan fingerprint density at radius 2 is 1.93 bits per heavy atom. The molecule has 29 heavy (non-hydrogen) atoms. The van der Waals surface area contributed by atoms with Gasteiger partial charge < -0.3 is 15.2 Å². The number of benzene rings is 1. The predicted molar refractivity (Wildman–Crippen MR) is 107 cm³/mol. The maximum atomic E-state index is 14.3. The van der Waals surface area contributed by atoms with Gasteiger partial charge in [-0.3, -0.25) is 14.4 Å². The molecule has 0 fully saturated rings. The topological polar surface area (TPSA) is 95.7 Å². The van der Waals surface area contributed by atoms with E-state index in [1.165, 1.54) is 11.6 Å². The number of nitrogens with two attached hydrogens (primary N) is 1. The molecule has 0 aliphatic heterocycles. The van der Waals surface area contributed by atoms with Gasteiger partial charge in [0.15, 0.2) is 0 Å². The van der Waals surface area contributed by atoms with Crippen LogP contribution in [-0.2, 0) is 25.5 Å². The average molecular weight is 468 g/mol. The Balaban J connectivity index is 1.82. The summed E-state index contributed by atoms with van der Waals surface area (Å²) in [7, 11) is 0. The number of ether oxygens (including phenoxy) is 2. The average Bonchev–Trinajstić information content (AvgIpc) is 3.08. The summed E-state index contributed by atoms with van der Waals surface area (Å²) in [5.41, 5.74) is 9.58. The smallest absolute Gasteiger partial charge is 0.293 e. The Labute approximate surface area is 176 Å². The highest BCUT2D eigenvalue weighted by molar-refractivity contribution is 9.10. The molecule has 0 heterocycles. The zero-order valence-electron chi connectivity index (χ0n) is 15.9. The van der Waals surface area contributed by atoms with Gasteiger partial charge >= 0.3 is 0 Å². The molecule has 1 aromatic carbocycles. The van der Waals surface area contributed by atoms with Gasteiger partial charge in [0, 0.05) is 5.56 Å². The molecule has 0 aromatic heterocycles. The molecule has 2 N–H and O–H groups in total. The Morgan fingerprint density at radius 1 is 1.28 bits per heavy atom. The molecule has 0 radical (unpaired) electrons. The SMILES string of the molecule is NC(=O)c1cc(F)c(Br)c2c1CC1=C2CCC(C(CCOC=O)CCOC=O)C1. The van der Waals surface area contributed by atoms with Crippen LogP contribution in [0.3, 0.4) is 0 Å². The second-order valence-corrected chi connectivity index (χ2v) is 8.26. The van der Waals surface area contributed by atoms with E-state index >= 15 is 0 Å². The third kappa shape index (κ3) is 4.52. The van der Waals surface area contributed by atoms with Crippen molar-refractivity contribution in [2.45, 2.75) is 38.5 Å². The first-order valence-electron chi connectivity index (χ1n) is 9.60. The van der Waals surface area contributed by atoms with E-state index in [2.05, 4.69) is 15.9 Å². The van der Waals surface area contributed by atoms with E-state index in [1.807, 2.05) is 0 Å². The van der Waals surface area contributed by atoms with E-state index in [9.17, 15) is 18.8 Å². The van der Waals surface area contributed by atoms with Gasteiger partial charge in [-0.2, -0.15) is 0 Å². The lowest BCUT2D eigenvalue weighted by molar-refractivity contribution is -0.129. The first-order valence-corrected chi connectivity index (χ1v) is 10.4. The summed E-state index contributed by atoms with van der Waals surface area (Å²) in [6, 6.07) is 1.21. The summed E-state index contributed by atoms with van der Waals surface area (Å²) >= 11 is 3.34. The molecule has 8 heteroatoms. The number of primary amides is 1. The quantitative estimate of drug-likeness (QED) is 0.419. The highest BCUT2D eigenvalue weighted by Crippen LogP contribution is 2.49. The van der Waals surface area contributed by atoms with E-state index in [-0.39, 0.29) is 11.5 Å². The number of allylic oxidation sites excluding steroid dienone is 2. The Hall–Kier alpha value is -2.22. The number of rotatable bonds is 10. The first kappa shape index (κ1) is 21.5. The minimum atomic E-state index is -0.626. The molecule has 0 spiro atoms. The molecule has 0 saturated carbocycles. The normalized spacial score (nSPS) is 17.7. The summed E-state index contributed by atoms with van der Waals surface area (Å²) in [6.07, 6.45) is 4.43. The van der Waals surface area contributed by atoms with Gasteiger partial charge in [0.1, 0.15) is 5.82 Å². The van der Waals surface area contributed by atoms with Crippen molar-refractivity contribution in [3.8, 4) is 0 Å². The van der Waals surface area contributed by atoms with E-state index < -0.39 is 11.7 Å². The second-order valence-electron chi connectivity index (χ2n) is 7.47. The van der Waals surface area contributed by atoms with Crippen molar-refractivity contribution in [2.75, 3.05) is 13.2 Å². The van der Waals surface area contributed by atoms with E-state index in [4.69, 9.17) is 15.2 Å². The molecule has 6 nitrogen and oxygen atoms in total. The molecular formula is C21H23BrFNO5. The van der Waals surface area contributed by atoms with Crippen molar-refractivity contribution >= 4 is 40.4 Å². The van der Waals surface area contributed by atoms with Gasteiger partial charge in [-0.1, -0.05) is 5.57 Å². The van der Waals surface area contributed by atoms with Crippen LogP contribution in [0.4, 0.5) is 4.39 Å². The fourth-order valence-electron chi connectivity index (χ4n) is 4.68. The monoisotopic (exact) mass is 467 g/mol. The van der Waals surface area contributed by atoms with Gasteiger partial charge in [0.25, 0.3) is 12.9 Å². The van der Waals surface area contributed by atoms with Gasteiger partial charge in [-0.25, -0.2) is 4.39 Å². The predicted octanol–water partition coefficient (Wildman–Crippen LogP) is 3.54. The van der Waals surface area contributed by atoms with Crippen molar-refractivity contribution < 1.29 is 28.2 Å². The molecule has 1 aromatic rings. The van der Waals surface area contributed by atoms with Crippen LogP contribution in [0.2, 0.25) is 0 Å². The van der Waals surface area contributed by atoms with Crippen molar-refractivity contribution in [1.29, 1.82) is 0 Å². The van der Waals surface area contributed by atoms with Crippen LogP contribution in [0.1, 0.15) is 53.6 Å². The minimum absolute atomic E-state index is 0.225. The Morgan fingerprint density at radius 3 is 2.52 bits per heavy atom. The molecule has 2 aliphatic carbocycles. The number of fused-ring (bicyclic) bond motifs is 2. The lowest BCUT2D eigenvalue weighted by atomic mass is 9.75. The van der Waals surface area contributed by atoms with Crippen LogP contribution < -0.4 is 5.73 Å². The fourth-order valence-corrected chi connectivity index (χ4v) is 5.27. The van der Waals surface area contributed by atoms with Crippen molar-refractivity contribution in [3.05, 3.63) is 38.6 Å². The summed E-state index contributed by atoms with van der Waals surface area (Å²) in [5.74, 6) is -0.556. The number of hydrogen-bond acceptors (Lipinski definition) is 5. The lowest BCUT2D eigenvalue weighted by Crippen LogP contribution is -2.22. The van der Waals surface area contributed by atoms with Crippen molar-refractivity contribution in [3.63, 3.8) is 0 Å². The third-order valence-corrected chi connectivity index (χ3v) is 6.78. The zero-order chi connectivity index (χ0) is 21.0. The van der Waals surface area contributed by atoms with Gasteiger partial charge in [0.05, 0.1) is 17.7 Å². The van der Waals surface area contributed by atoms with Gasteiger partial charge in [0.2, 0.25) is 5.91 Å². The standard InChI is InChI=1S/C21H23BrFNO5/c22-20-18(23)9-17(21(24)27)16-8-14-7-13(1-2-15(14)19(16)20)12(3-5-28-10-25)4-6-29-11-26/h9-13H,1-8H2,(H2,24,27). The minimum Gasteiger partial charge on any atom is -0.468 e. The van der Waals surface area contributed by atoms with Crippen LogP contribution in [0.15, 0.2) is 16.1 Å². The van der Waals surface area contributed by atoms with Crippen LogP contribution >= 0.6 is 15.9 Å². The molecule has 0 saturated heterocycles. The summed E-state index contributed by atoms with van der Waals surface area (Å²) in [6.45, 7) is 1.51. The molecule has 0 bridgehead atoms. The van der Waals surface area contributed by atoms with E-state index in [1.54, 1.807) is 0 Å². The highest BCUT2D eigenvalue weighted by Gasteiger charge is 2.35. The molecule has 1 unspecified atom stereocenters. The lowest BCUT2D eigenvalue weighted by Gasteiger charge is -2.31. The van der Waals surface area contributed by atoms with Crippen LogP contribution in [-0.4, -0.2) is 32.1 Å². The molecule has 1 amide bonds.